The highest BCUT2D eigenvalue weighted by Gasteiger charge is 2.00. The van der Waals surface area contributed by atoms with E-state index < -0.39 is 0 Å². The Morgan fingerprint density at radius 1 is 1.00 bits per heavy atom. The summed E-state index contributed by atoms with van der Waals surface area (Å²) in [6.45, 7) is 4.87. The normalized spacial score (nSPS) is 10.2. The summed E-state index contributed by atoms with van der Waals surface area (Å²) in [4.78, 5) is 0. The molecular weight excluding hydrogens is 234 g/mol. The zero-order valence-corrected chi connectivity index (χ0v) is 11.3. The minimum Gasteiger partial charge on any atom is -0.489 e. The second-order valence-corrected chi connectivity index (χ2v) is 4.82. The smallest absolute Gasteiger partial charge is 0.119 e. The molecule has 0 atom stereocenters. The molecule has 0 unspecified atom stereocenters. The van der Waals surface area contributed by atoms with E-state index in [-0.39, 0.29) is 0 Å². The van der Waals surface area contributed by atoms with Crippen molar-refractivity contribution in [3.8, 4) is 11.8 Å². The van der Waals surface area contributed by atoms with E-state index in [0.717, 1.165) is 11.3 Å². The highest BCUT2D eigenvalue weighted by Crippen LogP contribution is 2.19. The number of rotatable bonds is 4. The lowest BCUT2D eigenvalue weighted by Gasteiger charge is -2.09. The minimum atomic E-state index is 0.521. The standard InChI is InChI=1S/C17H17NO/c1-13(2)16-7-9-17(10-8-16)19-12-15-5-3-14(11-18)4-6-15/h3-10,13H,12H2,1-2H3. The number of hydrogen-bond donors (Lipinski definition) is 0. The minimum absolute atomic E-state index is 0.521. The fourth-order valence-corrected chi connectivity index (χ4v) is 1.79. The molecule has 2 heteroatoms. The number of hydrogen-bond acceptors (Lipinski definition) is 2. The number of nitriles is 1. The van der Waals surface area contributed by atoms with Crippen molar-refractivity contribution in [2.75, 3.05) is 0 Å². The van der Waals surface area contributed by atoms with Crippen LogP contribution in [-0.4, -0.2) is 0 Å². The maximum atomic E-state index is 8.73. The number of nitrogens with zero attached hydrogens (tertiary/aromatic N) is 1. The maximum Gasteiger partial charge on any atom is 0.119 e. The first-order chi connectivity index (χ1) is 9.19. The molecular formula is C17H17NO. The SMILES string of the molecule is CC(C)c1ccc(OCc2ccc(C#N)cc2)cc1. The van der Waals surface area contributed by atoms with Crippen LogP contribution in [0.2, 0.25) is 0 Å². The lowest BCUT2D eigenvalue weighted by atomic mass is 10.0. The van der Waals surface area contributed by atoms with Gasteiger partial charge in [0.15, 0.2) is 0 Å². The van der Waals surface area contributed by atoms with Gasteiger partial charge >= 0.3 is 0 Å². The third kappa shape index (κ3) is 3.59. The van der Waals surface area contributed by atoms with Crippen molar-refractivity contribution in [2.24, 2.45) is 0 Å². The van der Waals surface area contributed by atoms with Gasteiger partial charge < -0.3 is 4.74 Å². The van der Waals surface area contributed by atoms with Crippen LogP contribution in [0.15, 0.2) is 48.5 Å². The van der Waals surface area contributed by atoms with Gasteiger partial charge in [0.1, 0.15) is 12.4 Å². The van der Waals surface area contributed by atoms with Gasteiger partial charge in [0.2, 0.25) is 0 Å². The van der Waals surface area contributed by atoms with Crippen LogP contribution in [0, 0.1) is 11.3 Å². The first kappa shape index (κ1) is 13.2. The number of benzene rings is 2. The Morgan fingerprint density at radius 2 is 1.63 bits per heavy atom. The molecule has 2 aromatic carbocycles. The predicted molar refractivity (Wildman–Crippen MR) is 76.0 cm³/mol. The lowest BCUT2D eigenvalue weighted by Crippen LogP contribution is -1.96. The summed E-state index contributed by atoms with van der Waals surface area (Å²) in [5.74, 6) is 1.40. The van der Waals surface area contributed by atoms with Crippen LogP contribution < -0.4 is 4.74 Å². The molecule has 0 spiro atoms. The number of ether oxygens (including phenoxy) is 1. The topological polar surface area (TPSA) is 33.0 Å². The monoisotopic (exact) mass is 251 g/mol. The lowest BCUT2D eigenvalue weighted by molar-refractivity contribution is 0.306. The van der Waals surface area contributed by atoms with Gasteiger partial charge in [0.05, 0.1) is 11.6 Å². The average Bonchev–Trinajstić information content (AvgIpc) is 2.46. The molecule has 0 saturated heterocycles. The maximum absolute atomic E-state index is 8.73. The van der Waals surface area contributed by atoms with Crippen LogP contribution in [0.4, 0.5) is 0 Å². The van der Waals surface area contributed by atoms with Crippen molar-refractivity contribution < 1.29 is 4.74 Å². The highest BCUT2D eigenvalue weighted by molar-refractivity contribution is 5.32. The van der Waals surface area contributed by atoms with E-state index in [2.05, 4.69) is 32.0 Å². The summed E-state index contributed by atoms with van der Waals surface area (Å²) < 4.78 is 5.72. The van der Waals surface area contributed by atoms with Crippen LogP contribution in [0.1, 0.15) is 36.5 Å². The Morgan fingerprint density at radius 3 is 2.16 bits per heavy atom. The van der Waals surface area contributed by atoms with Crippen molar-refractivity contribution in [3.63, 3.8) is 0 Å². The van der Waals surface area contributed by atoms with Crippen molar-refractivity contribution >= 4 is 0 Å². The third-order valence-electron chi connectivity index (χ3n) is 3.04. The molecule has 0 heterocycles. The Kier molecular flexibility index (Phi) is 4.20. The average molecular weight is 251 g/mol. The van der Waals surface area contributed by atoms with Gasteiger partial charge in [-0.2, -0.15) is 5.26 Å². The largest absolute Gasteiger partial charge is 0.489 e. The van der Waals surface area contributed by atoms with E-state index in [1.807, 2.05) is 24.3 Å². The molecule has 0 N–H and O–H groups in total. The first-order valence-electron chi connectivity index (χ1n) is 6.41. The molecule has 0 radical (unpaired) electrons. The quantitative estimate of drug-likeness (QED) is 0.813. The van der Waals surface area contributed by atoms with E-state index in [4.69, 9.17) is 10.00 Å². The Balaban J connectivity index is 1.96. The van der Waals surface area contributed by atoms with Crippen molar-refractivity contribution in [3.05, 3.63) is 65.2 Å². The summed E-state index contributed by atoms with van der Waals surface area (Å²) in [5.41, 5.74) is 3.04. The van der Waals surface area contributed by atoms with Gasteiger partial charge in [-0.05, 0) is 41.3 Å². The van der Waals surface area contributed by atoms with Gasteiger partial charge in [0.25, 0.3) is 0 Å². The molecule has 2 rings (SSSR count). The van der Waals surface area contributed by atoms with Crippen LogP contribution in [-0.2, 0) is 6.61 Å². The molecule has 96 valence electrons. The van der Waals surface area contributed by atoms with Gasteiger partial charge in [-0.15, -0.1) is 0 Å². The molecule has 0 aromatic heterocycles. The Hall–Kier alpha value is -2.27. The third-order valence-corrected chi connectivity index (χ3v) is 3.04. The Labute approximate surface area is 114 Å². The predicted octanol–water partition coefficient (Wildman–Crippen LogP) is 4.26. The van der Waals surface area contributed by atoms with Crippen molar-refractivity contribution in [2.45, 2.75) is 26.4 Å². The van der Waals surface area contributed by atoms with Crippen LogP contribution in [0.3, 0.4) is 0 Å². The second kappa shape index (κ2) is 6.06. The van der Waals surface area contributed by atoms with Gasteiger partial charge in [0, 0.05) is 0 Å². The van der Waals surface area contributed by atoms with Crippen molar-refractivity contribution in [1.29, 1.82) is 5.26 Å². The van der Waals surface area contributed by atoms with Crippen molar-refractivity contribution in [1.82, 2.24) is 0 Å². The molecule has 0 saturated carbocycles. The molecule has 0 aliphatic carbocycles. The first-order valence-corrected chi connectivity index (χ1v) is 6.41. The van der Waals surface area contributed by atoms with Crippen LogP contribution in [0.25, 0.3) is 0 Å². The second-order valence-electron chi connectivity index (χ2n) is 4.82. The molecule has 0 bridgehead atoms. The van der Waals surface area contributed by atoms with E-state index in [9.17, 15) is 0 Å². The summed E-state index contributed by atoms with van der Waals surface area (Å²) in [6, 6.07) is 17.7. The zero-order valence-electron chi connectivity index (χ0n) is 11.3. The zero-order chi connectivity index (χ0) is 13.7. The molecule has 0 fully saturated rings. The summed E-state index contributed by atoms with van der Waals surface area (Å²) in [7, 11) is 0. The molecule has 0 aliphatic heterocycles. The Bertz CT molecular complexity index is 562. The van der Waals surface area contributed by atoms with Crippen LogP contribution in [0.5, 0.6) is 5.75 Å². The molecule has 2 aromatic rings. The van der Waals surface area contributed by atoms with E-state index >= 15 is 0 Å². The fraction of sp³-hybridized carbons (Fsp3) is 0.235. The fourth-order valence-electron chi connectivity index (χ4n) is 1.79. The molecule has 19 heavy (non-hydrogen) atoms. The summed E-state index contributed by atoms with van der Waals surface area (Å²) >= 11 is 0. The van der Waals surface area contributed by atoms with Crippen LogP contribution >= 0.6 is 0 Å². The van der Waals surface area contributed by atoms with Gasteiger partial charge in [-0.1, -0.05) is 38.1 Å². The molecule has 2 nitrogen and oxygen atoms in total. The van der Waals surface area contributed by atoms with Gasteiger partial charge in [-0.3, -0.25) is 0 Å². The molecule has 0 amide bonds. The van der Waals surface area contributed by atoms with E-state index in [1.165, 1.54) is 5.56 Å². The summed E-state index contributed by atoms with van der Waals surface area (Å²) in [6.07, 6.45) is 0. The summed E-state index contributed by atoms with van der Waals surface area (Å²) in [5, 5.41) is 8.73. The van der Waals surface area contributed by atoms with E-state index in [1.54, 1.807) is 12.1 Å². The van der Waals surface area contributed by atoms with E-state index in [0.29, 0.717) is 18.1 Å². The molecule has 0 aliphatic rings. The van der Waals surface area contributed by atoms with Gasteiger partial charge in [-0.25, -0.2) is 0 Å². The highest BCUT2D eigenvalue weighted by atomic mass is 16.5.